The lowest BCUT2D eigenvalue weighted by atomic mass is 10.0. The van der Waals surface area contributed by atoms with Crippen molar-refractivity contribution < 1.29 is 9.59 Å². The van der Waals surface area contributed by atoms with Crippen LogP contribution in [0.5, 0.6) is 0 Å². The highest BCUT2D eigenvalue weighted by Crippen LogP contribution is 2.15. The Balaban J connectivity index is 2.54. The van der Waals surface area contributed by atoms with Crippen LogP contribution in [-0.2, 0) is 9.59 Å². The smallest absolute Gasteiger partial charge is 0.237 e. The molecular weight excluding hydrogens is 216 g/mol. The summed E-state index contributed by atoms with van der Waals surface area (Å²) in [5.41, 5.74) is 0. The van der Waals surface area contributed by atoms with Gasteiger partial charge in [-0.05, 0) is 45.7 Å². The van der Waals surface area contributed by atoms with Gasteiger partial charge >= 0.3 is 0 Å². The predicted molar refractivity (Wildman–Crippen MR) is 67.7 cm³/mol. The first-order chi connectivity index (χ1) is 7.91. The van der Waals surface area contributed by atoms with Crippen molar-refractivity contribution in [3.63, 3.8) is 0 Å². The van der Waals surface area contributed by atoms with E-state index in [-0.39, 0.29) is 23.8 Å². The van der Waals surface area contributed by atoms with Crippen LogP contribution in [0, 0.1) is 5.92 Å². The average Bonchev–Trinajstić information content (AvgIpc) is 2.62. The molecule has 0 bridgehead atoms. The molecule has 2 unspecified atom stereocenters. The fourth-order valence-electron chi connectivity index (χ4n) is 2.31. The van der Waals surface area contributed by atoms with Gasteiger partial charge in [0.05, 0.1) is 12.1 Å². The number of hydrogen-bond acceptors (Lipinski definition) is 3. The average molecular weight is 240 g/mol. The van der Waals surface area contributed by atoms with Gasteiger partial charge in [0.1, 0.15) is 0 Å². The molecule has 98 valence electrons. The first-order valence-electron chi connectivity index (χ1n) is 6.43. The highest BCUT2D eigenvalue weighted by molar-refractivity contribution is 5.89. The standard InChI is InChI=1S/C13H24N2O2/c1-9(2)8-11(10(3)16)14-13(17)12-6-5-7-15(12)4/h9,11-12H,5-8H2,1-4H3,(H,14,17). The molecule has 1 amide bonds. The number of carbonyl (C=O) groups is 2. The molecule has 1 saturated heterocycles. The van der Waals surface area contributed by atoms with Gasteiger partial charge in [-0.15, -0.1) is 0 Å². The van der Waals surface area contributed by atoms with Crippen molar-refractivity contribution in [2.24, 2.45) is 5.92 Å². The minimum Gasteiger partial charge on any atom is -0.345 e. The van der Waals surface area contributed by atoms with Crippen LogP contribution >= 0.6 is 0 Å². The molecule has 1 fully saturated rings. The highest BCUT2D eigenvalue weighted by atomic mass is 16.2. The first-order valence-corrected chi connectivity index (χ1v) is 6.43. The predicted octanol–water partition coefficient (Wildman–Crippen LogP) is 1.20. The van der Waals surface area contributed by atoms with Crippen molar-refractivity contribution in [1.29, 1.82) is 0 Å². The molecule has 0 radical (unpaired) electrons. The second-order valence-corrected chi connectivity index (χ2v) is 5.44. The molecule has 0 spiro atoms. The Kier molecular flexibility index (Phi) is 5.12. The number of hydrogen-bond donors (Lipinski definition) is 1. The zero-order chi connectivity index (χ0) is 13.0. The fraction of sp³-hybridized carbons (Fsp3) is 0.846. The van der Waals surface area contributed by atoms with Crippen LogP contribution in [0.3, 0.4) is 0 Å². The second-order valence-electron chi connectivity index (χ2n) is 5.44. The summed E-state index contributed by atoms with van der Waals surface area (Å²) in [6.45, 7) is 6.63. The lowest BCUT2D eigenvalue weighted by molar-refractivity contribution is -0.129. The van der Waals surface area contributed by atoms with Crippen LogP contribution in [-0.4, -0.2) is 42.3 Å². The number of nitrogens with one attached hydrogen (secondary N) is 1. The molecule has 0 aromatic carbocycles. The summed E-state index contributed by atoms with van der Waals surface area (Å²) in [6, 6.07) is -0.375. The summed E-state index contributed by atoms with van der Waals surface area (Å²) in [7, 11) is 1.96. The zero-order valence-electron chi connectivity index (χ0n) is 11.3. The van der Waals surface area contributed by atoms with E-state index in [2.05, 4.69) is 24.1 Å². The van der Waals surface area contributed by atoms with Crippen molar-refractivity contribution in [3.05, 3.63) is 0 Å². The van der Waals surface area contributed by atoms with Crippen molar-refractivity contribution in [2.45, 2.75) is 52.1 Å². The second kappa shape index (κ2) is 6.15. The SMILES string of the molecule is CC(=O)C(CC(C)C)NC(=O)C1CCCN1C. The molecular formula is C13H24N2O2. The Morgan fingerprint density at radius 2 is 2.06 bits per heavy atom. The van der Waals surface area contributed by atoms with Gasteiger partial charge in [-0.1, -0.05) is 13.8 Å². The summed E-state index contributed by atoms with van der Waals surface area (Å²) in [6.07, 6.45) is 2.68. The molecule has 1 aliphatic rings. The Morgan fingerprint density at radius 1 is 1.41 bits per heavy atom. The van der Waals surface area contributed by atoms with E-state index in [1.165, 1.54) is 0 Å². The van der Waals surface area contributed by atoms with E-state index in [1.807, 2.05) is 7.05 Å². The van der Waals surface area contributed by atoms with Crippen LogP contribution in [0.2, 0.25) is 0 Å². The first kappa shape index (κ1) is 14.2. The minimum absolute atomic E-state index is 0.00542. The monoisotopic (exact) mass is 240 g/mol. The van der Waals surface area contributed by atoms with Gasteiger partial charge in [-0.2, -0.15) is 0 Å². The molecule has 1 rings (SSSR count). The zero-order valence-corrected chi connectivity index (χ0v) is 11.3. The topological polar surface area (TPSA) is 49.4 Å². The largest absolute Gasteiger partial charge is 0.345 e. The molecule has 4 nitrogen and oxygen atoms in total. The van der Waals surface area contributed by atoms with Crippen molar-refractivity contribution in [1.82, 2.24) is 10.2 Å². The summed E-state index contributed by atoms with van der Waals surface area (Å²) in [5, 5.41) is 2.89. The van der Waals surface area contributed by atoms with E-state index < -0.39 is 0 Å². The Bertz CT molecular complexity index is 289. The maximum atomic E-state index is 12.0. The number of nitrogens with zero attached hydrogens (tertiary/aromatic N) is 1. The molecule has 0 aliphatic carbocycles. The highest BCUT2D eigenvalue weighted by Gasteiger charge is 2.30. The van der Waals surface area contributed by atoms with E-state index in [0.717, 1.165) is 25.8 Å². The molecule has 1 N–H and O–H groups in total. The third-order valence-electron chi connectivity index (χ3n) is 3.34. The van der Waals surface area contributed by atoms with Gasteiger partial charge in [0.25, 0.3) is 0 Å². The lowest BCUT2D eigenvalue weighted by Gasteiger charge is -2.23. The summed E-state index contributed by atoms with van der Waals surface area (Å²) in [5.74, 6) is 0.462. The van der Waals surface area contributed by atoms with Crippen molar-refractivity contribution >= 4 is 11.7 Å². The number of ketones is 1. The Labute approximate surface area is 104 Å². The summed E-state index contributed by atoms with van der Waals surface area (Å²) < 4.78 is 0. The number of rotatable bonds is 5. The molecule has 0 aromatic rings. The summed E-state index contributed by atoms with van der Waals surface area (Å²) in [4.78, 5) is 25.6. The molecule has 1 aliphatic heterocycles. The Hall–Kier alpha value is -0.900. The number of likely N-dealkylation sites (N-methyl/N-ethyl adjacent to an activating group) is 1. The number of likely N-dealkylation sites (tertiary alicyclic amines) is 1. The minimum atomic E-state index is -0.323. The van der Waals surface area contributed by atoms with Crippen molar-refractivity contribution in [3.8, 4) is 0 Å². The van der Waals surface area contributed by atoms with Crippen LogP contribution < -0.4 is 5.32 Å². The number of carbonyl (C=O) groups excluding carboxylic acids is 2. The molecule has 0 aromatic heterocycles. The molecule has 1 heterocycles. The lowest BCUT2D eigenvalue weighted by Crippen LogP contribution is -2.48. The van der Waals surface area contributed by atoms with E-state index in [1.54, 1.807) is 6.92 Å². The van der Waals surface area contributed by atoms with E-state index in [0.29, 0.717) is 5.92 Å². The summed E-state index contributed by atoms with van der Waals surface area (Å²) >= 11 is 0. The van der Waals surface area contributed by atoms with E-state index in [9.17, 15) is 9.59 Å². The van der Waals surface area contributed by atoms with Gasteiger partial charge < -0.3 is 5.32 Å². The van der Waals surface area contributed by atoms with Crippen LogP contribution in [0.1, 0.15) is 40.0 Å². The number of amides is 1. The van der Waals surface area contributed by atoms with E-state index >= 15 is 0 Å². The van der Waals surface area contributed by atoms with Crippen LogP contribution in [0.25, 0.3) is 0 Å². The van der Waals surface area contributed by atoms with Gasteiger partial charge in [0.2, 0.25) is 5.91 Å². The third kappa shape index (κ3) is 4.11. The molecule has 2 atom stereocenters. The quantitative estimate of drug-likeness (QED) is 0.785. The fourth-order valence-corrected chi connectivity index (χ4v) is 2.31. The van der Waals surface area contributed by atoms with Gasteiger partial charge in [0, 0.05) is 0 Å². The maximum absolute atomic E-state index is 12.0. The normalized spacial score (nSPS) is 22.8. The molecule has 0 saturated carbocycles. The van der Waals surface area contributed by atoms with Gasteiger partial charge in [-0.25, -0.2) is 0 Å². The Morgan fingerprint density at radius 3 is 2.47 bits per heavy atom. The van der Waals surface area contributed by atoms with E-state index in [4.69, 9.17) is 0 Å². The number of Topliss-reactive ketones (excluding diaryl/α,β-unsaturated/α-hetero) is 1. The van der Waals surface area contributed by atoms with Crippen LogP contribution in [0.4, 0.5) is 0 Å². The van der Waals surface area contributed by atoms with Gasteiger partial charge in [-0.3, -0.25) is 14.5 Å². The van der Waals surface area contributed by atoms with Crippen LogP contribution in [0.15, 0.2) is 0 Å². The van der Waals surface area contributed by atoms with Crippen molar-refractivity contribution in [2.75, 3.05) is 13.6 Å². The maximum Gasteiger partial charge on any atom is 0.237 e. The third-order valence-corrected chi connectivity index (χ3v) is 3.34. The van der Waals surface area contributed by atoms with Gasteiger partial charge in [0.15, 0.2) is 5.78 Å². The molecule has 4 heteroatoms. The molecule has 17 heavy (non-hydrogen) atoms.